The third kappa shape index (κ3) is 6.03. The van der Waals surface area contributed by atoms with Crippen LogP contribution in [0.15, 0.2) is 24.3 Å². The Morgan fingerprint density at radius 3 is 2.53 bits per heavy atom. The van der Waals surface area contributed by atoms with Gasteiger partial charge in [-0.1, -0.05) is 6.07 Å². The number of halogens is 2. The number of esters is 1. The number of carbonyl (C=O) groups excluding carboxylic acids is 1. The van der Waals surface area contributed by atoms with Crippen LogP contribution in [0.3, 0.4) is 0 Å². The van der Waals surface area contributed by atoms with Gasteiger partial charge in [-0.15, -0.1) is 12.4 Å². The molecule has 0 unspecified atom stereocenters. The molecule has 19 heavy (non-hydrogen) atoms. The smallest absolute Gasteiger partial charge is 0.338 e. The van der Waals surface area contributed by atoms with Crippen molar-refractivity contribution in [3.8, 4) is 0 Å². The third-order valence-corrected chi connectivity index (χ3v) is 2.87. The Bertz CT molecular complexity index is 418. The van der Waals surface area contributed by atoms with Crippen LogP contribution in [0.4, 0.5) is 4.39 Å². The number of ether oxygens (including phenoxy) is 1. The average molecular weight is 290 g/mol. The Kier molecular flexibility index (Phi) is 7.01. The van der Waals surface area contributed by atoms with Gasteiger partial charge in [0, 0.05) is 12.1 Å². The number of rotatable bonds is 4. The Hall–Kier alpha value is -1.13. The SMILES string of the molecule is CN(CCOC(=O)c1cccc(F)c1)C(C)(C)C.Cl. The van der Waals surface area contributed by atoms with E-state index in [1.54, 1.807) is 6.07 Å². The van der Waals surface area contributed by atoms with Crippen molar-refractivity contribution < 1.29 is 13.9 Å². The van der Waals surface area contributed by atoms with E-state index >= 15 is 0 Å². The zero-order chi connectivity index (χ0) is 13.8. The second-order valence-corrected chi connectivity index (χ2v) is 5.24. The lowest BCUT2D eigenvalue weighted by Gasteiger charge is -2.31. The summed E-state index contributed by atoms with van der Waals surface area (Å²) in [5.74, 6) is -0.923. The summed E-state index contributed by atoms with van der Waals surface area (Å²) in [7, 11) is 1.97. The van der Waals surface area contributed by atoms with E-state index in [0.29, 0.717) is 13.2 Å². The topological polar surface area (TPSA) is 29.5 Å². The van der Waals surface area contributed by atoms with Gasteiger partial charge in [0.05, 0.1) is 5.56 Å². The van der Waals surface area contributed by atoms with Crippen molar-refractivity contribution in [1.82, 2.24) is 4.90 Å². The molecule has 0 radical (unpaired) electrons. The van der Waals surface area contributed by atoms with E-state index in [4.69, 9.17) is 4.74 Å². The first-order chi connectivity index (χ1) is 8.30. The number of benzene rings is 1. The van der Waals surface area contributed by atoms with E-state index < -0.39 is 11.8 Å². The van der Waals surface area contributed by atoms with Crippen molar-refractivity contribution >= 4 is 18.4 Å². The molecule has 0 aromatic heterocycles. The Morgan fingerprint density at radius 2 is 2.00 bits per heavy atom. The molecule has 0 aliphatic rings. The minimum atomic E-state index is -0.489. The van der Waals surface area contributed by atoms with Gasteiger partial charge in [0.15, 0.2) is 0 Å². The van der Waals surface area contributed by atoms with Crippen LogP contribution in [-0.4, -0.2) is 36.6 Å². The number of likely N-dealkylation sites (N-methyl/N-ethyl adjacent to an activating group) is 1. The predicted molar refractivity (Wildman–Crippen MR) is 76.3 cm³/mol. The van der Waals surface area contributed by atoms with Crippen molar-refractivity contribution in [2.45, 2.75) is 26.3 Å². The van der Waals surface area contributed by atoms with E-state index in [9.17, 15) is 9.18 Å². The van der Waals surface area contributed by atoms with Crippen molar-refractivity contribution in [2.24, 2.45) is 0 Å². The molecule has 0 aliphatic carbocycles. The van der Waals surface area contributed by atoms with Gasteiger partial charge in [0.1, 0.15) is 12.4 Å². The third-order valence-electron chi connectivity index (χ3n) is 2.87. The van der Waals surface area contributed by atoms with Crippen LogP contribution < -0.4 is 0 Å². The first-order valence-corrected chi connectivity index (χ1v) is 5.94. The molecule has 1 aromatic rings. The lowest BCUT2D eigenvalue weighted by atomic mass is 10.1. The van der Waals surface area contributed by atoms with E-state index in [1.807, 2.05) is 7.05 Å². The van der Waals surface area contributed by atoms with Crippen LogP contribution in [0.2, 0.25) is 0 Å². The Morgan fingerprint density at radius 1 is 1.37 bits per heavy atom. The second-order valence-electron chi connectivity index (χ2n) is 5.24. The van der Waals surface area contributed by atoms with Crippen LogP contribution in [0.1, 0.15) is 31.1 Å². The van der Waals surface area contributed by atoms with Gasteiger partial charge in [0.2, 0.25) is 0 Å². The monoisotopic (exact) mass is 289 g/mol. The summed E-state index contributed by atoms with van der Waals surface area (Å²) in [4.78, 5) is 13.7. The maximum atomic E-state index is 12.9. The van der Waals surface area contributed by atoms with Gasteiger partial charge in [-0.05, 0) is 46.0 Å². The van der Waals surface area contributed by atoms with Crippen molar-refractivity contribution in [2.75, 3.05) is 20.2 Å². The molecule has 3 nitrogen and oxygen atoms in total. The summed E-state index contributed by atoms with van der Waals surface area (Å²) in [6, 6.07) is 5.51. The number of hydrogen-bond donors (Lipinski definition) is 0. The molecule has 0 amide bonds. The lowest BCUT2D eigenvalue weighted by Crippen LogP contribution is -2.40. The quantitative estimate of drug-likeness (QED) is 0.798. The van der Waals surface area contributed by atoms with Gasteiger partial charge in [-0.3, -0.25) is 4.90 Å². The molecule has 0 spiro atoms. The fourth-order valence-electron chi connectivity index (χ4n) is 1.31. The highest BCUT2D eigenvalue weighted by molar-refractivity contribution is 5.89. The summed E-state index contributed by atoms with van der Waals surface area (Å²) in [5, 5.41) is 0. The highest BCUT2D eigenvalue weighted by Gasteiger charge is 2.17. The van der Waals surface area contributed by atoms with Gasteiger partial charge < -0.3 is 4.74 Å². The molecule has 0 saturated heterocycles. The molecule has 5 heteroatoms. The minimum absolute atomic E-state index is 0. The molecule has 0 heterocycles. The van der Waals surface area contributed by atoms with Gasteiger partial charge >= 0.3 is 5.97 Å². The van der Waals surface area contributed by atoms with Crippen LogP contribution in [0.5, 0.6) is 0 Å². The maximum absolute atomic E-state index is 12.9. The summed E-state index contributed by atoms with van der Waals surface area (Å²) in [6.45, 7) is 7.19. The molecular weight excluding hydrogens is 269 g/mol. The largest absolute Gasteiger partial charge is 0.461 e. The molecule has 0 aliphatic heterocycles. The number of carbonyl (C=O) groups is 1. The molecule has 0 N–H and O–H groups in total. The highest BCUT2D eigenvalue weighted by Crippen LogP contribution is 2.10. The summed E-state index contributed by atoms with van der Waals surface area (Å²) < 4.78 is 18.0. The number of hydrogen-bond acceptors (Lipinski definition) is 3. The molecule has 1 aromatic carbocycles. The minimum Gasteiger partial charge on any atom is -0.461 e. The fourth-order valence-corrected chi connectivity index (χ4v) is 1.31. The predicted octanol–water partition coefficient (Wildman–Crippen LogP) is 3.13. The van der Waals surface area contributed by atoms with Crippen LogP contribution >= 0.6 is 12.4 Å². The molecule has 0 saturated carbocycles. The first kappa shape index (κ1) is 17.9. The second kappa shape index (κ2) is 7.46. The van der Waals surface area contributed by atoms with Gasteiger partial charge in [0.25, 0.3) is 0 Å². The molecule has 0 atom stereocenters. The summed E-state index contributed by atoms with van der Waals surface area (Å²) in [6.07, 6.45) is 0. The summed E-state index contributed by atoms with van der Waals surface area (Å²) in [5.41, 5.74) is 0.277. The Balaban J connectivity index is 0.00000324. The standard InChI is InChI=1S/C14H20FNO2.ClH/c1-14(2,3)16(4)8-9-18-13(17)11-6-5-7-12(15)10-11;/h5-7,10H,8-9H2,1-4H3;1H. The van der Waals surface area contributed by atoms with Gasteiger partial charge in [-0.25, -0.2) is 9.18 Å². The van der Waals surface area contributed by atoms with Gasteiger partial charge in [-0.2, -0.15) is 0 Å². The summed E-state index contributed by atoms with van der Waals surface area (Å²) >= 11 is 0. The first-order valence-electron chi connectivity index (χ1n) is 5.94. The van der Waals surface area contributed by atoms with E-state index in [-0.39, 0.29) is 23.5 Å². The maximum Gasteiger partial charge on any atom is 0.338 e. The van der Waals surface area contributed by atoms with E-state index in [2.05, 4.69) is 25.7 Å². The van der Waals surface area contributed by atoms with E-state index in [0.717, 1.165) is 0 Å². The lowest BCUT2D eigenvalue weighted by molar-refractivity contribution is 0.0423. The highest BCUT2D eigenvalue weighted by atomic mass is 35.5. The van der Waals surface area contributed by atoms with Crippen molar-refractivity contribution in [3.05, 3.63) is 35.6 Å². The molecule has 0 fully saturated rings. The Labute approximate surface area is 120 Å². The van der Waals surface area contributed by atoms with Crippen molar-refractivity contribution in [1.29, 1.82) is 0 Å². The van der Waals surface area contributed by atoms with Crippen LogP contribution in [-0.2, 0) is 4.74 Å². The van der Waals surface area contributed by atoms with Crippen LogP contribution in [0, 0.1) is 5.82 Å². The zero-order valence-electron chi connectivity index (χ0n) is 11.8. The molecular formula is C14H21ClFNO2. The fraction of sp³-hybridized carbons (Fsp3) is 0.500. The molecule has 1 rings (SSSR count). The van der Waals surface area contributed by atoms with E-state index in [1.165, 1.54) is 18.2 Å². The zero-order valence-corrected chi connectivity index (χ0v) is 12.6. The molecule has 108 valence electrons. The average Bonchev–Trinajstić information content (AvgIpc) is 2.27. The normalized spacial score (nSPS) is 11.1. The number of nitrogens with zero attached hydrogens (tertiary/aromatic N) is 1. The molecule has 0 bridgehead atoms. The van der Waals surface area contributed by atoms with Crippen molar-refractivity contribution in [3.63, 3.8) is 0 Å². The van der Waals surface area contributed by atoms with Crippen LogP contribution in [0.25, 0.3) is 0 Å².